The number of nitro benzene ring substituents is 1. The zero-order valence-electron chi connectivity index (χ0n) is 16.8. The van der Waals surface area contributed by atoms with Crippen LogP contribution in [0.3, 0.4) is 0 Å². The molecule has 0 unspecified atom stereocenters. The number of benzene rings is 1. The minimum Gasteiger partial charge on any atom is -0.490 e. The first-order valence-electron chi connectivity index (χ1n) is 8.76. The number of ether oxygens (including phenoxy) is 3. The number of nitrogens with zero attached hydrogens (tertiary/aromatic N) is 1. The van der Waals surface area contributed by atoms with Gasteiger partial charge >= 0.3 is 17.6 Å². The van der Waals surface area contributed by atoms with E-state index in [0.717, 1.165) is 10.9 Å². The Balaban J connectivity index is 2.08. The molecule has 0 saturated heterocycles. The van der Waals surface area contributed by atoms with E-state index in [9.17, 15) is 24.5 Å². The van der Waals surface area contributed by atoms with Crippen LogP contribution in [0.4, 0.5) is 10.7 Å². The Hall–Kier alpha value is -3.47. The highest BCUT2D eigenvalue weighted by Crippen LogP contribution is 2.33. The van der Waals surface area contributed by atoms with Crippen LogP contribution in [-0.4, -0.2) is 43.1 Å². The van der Waals surface area contributed by atoms with Gasteiger partial charge in [0.25, 0.3) is 5.91 Å². The van der Waals surface area contributed by atoms with Crippen molar-refractivity contribution in [2.24, 2.45) is 0 Å². The molecule has 0 radical (unpaired) electrons. The second kappa shape index (κ2) is 9.83. The zero-order chi connectivity index (χ0) is 22.4. The number of esters is 2. The summed E-state index contributed by atoms with van der Waals surface area (Å²) < 4.78 is 14.8. The molecule has 1 amide bonds. The van der Waals surface area contributed by atoms with E-state index in [1.165, 1.54) is 30.6 Å². The quantitative estimate of drug-likeness (QED) is 0.379. The Kier molecular flexibility index (Phi) is 7.48. The van der Waals surface area contributed by atoms with Crippen molar-refractivity contribution in [1.82, 2.24) is 0 Å². The second-order valence-electron chi connectivity index (χ2n) is 5.98. The second-order valence-corrected chi connectivity index (χ2v) is 7.20. The molecule has 0 aliphatic heterocycles. The van der Waals surface area contributed by atoms with Gasteiger partial charge in [-0.3, -0.25) is 14.9 Å². The van der Waals surface area contributed by atoms with Crippen molar-refractivity contribution >= 4 is 39.9 Å². The third-order valence-electron chi connectivity index (χ3n) is 4.06. The monoisotopic (exact) mass is 436 g/mol. The van der Waals surface area contributed by atoms with E-state index in [4.69, 9.17) is 14.2 Å². The summed E-state index contributed by atoms with van der Waals surface area (Å²) in [4.78, 5) is 47.7. The maximum absolute atomic E-state index is 12.2. The van der Waals surface area contributed by atoms with Crippen LogP contribution in [0.15, 0.2) is 18.2 Å². The van der Waals surface area contributed by atoms with Crippen LogP contribution >= 0.6 is 11.3 Å². The highest BCUT2D eigenvalue weighted by atomic mass is 32.1. The molecule has 30 heavy (non-hydrogen) atoms. The maximum Gasteiger partial charge on any atom is 0.341 e. The SMILES string of the molecule is CCOC(=O)c1c(NC(=O)COC(=O)c2ccc(OC)c([N+](=O)[O-])c2)sc(C)c1C. The molecule has 160 valence electrons. The van der Waals surface area contributed by atoms with E-state index in [0.29, 0.717) is 10.6 Å². The molecule has 0 fully saturated rings. The number of carbonyl (C=O) groups is 3. The van der Waals surface area contributed by atoms with Crippen molar-refractivity contribution in [2.75, 3.05) is 25.6 Å². The molecule has 10 nitrogen and oxygen atoms in total. The van der Waals surface area contributed by atoms with Gasteiger partial charge < -0.3 is 19.5 Å². The van der Waals surface area contributed by atoms with Crippen molar-refractivity contribution in [2.45, 2.75) is 20.8 Å². The Labute approximate surface area is 175 Å². The van der Waals surface area contributed by atoms with E-state index in [-0.39, 0.29) is 23.5 Å². The van der Waals surface area contributed by atoms with Gasteiger partial charge in [-0.1, -0.05) is 0 Å². The minimum atomic E-state index is -0.917. The molecule has 11 heteroatoms. The number of carbonyl (C=O) groups excluding carboxylic acids is 3. The maximum atomic E-state index is 12.2. The molecule has 2 aromatic rings. The summed E-state index contributed by atoms with van der Waals surface area (Å²) in [6, 6.07) is 3.55. The summed E-state index contributed by atoms with van der Waals surface area (Å²) in [7, 11) is 1.27. The number of methoxy groups -OCH3 is 1. The fourth-order valence-corrected chi connectivity index (χ4v) is 3.57. The lowest BCUT2D eigenvalue weighted by Gasteiger charge is -2.08. The van der Waals surface area contributed by atoms with Gasteiger partial charge in [0, 0.05) is 10.9 Å². The van der Waals surface area contributed by atoms with Gasteiger partial charge in [0.15, 0.2) is 12.4 Å². The summed E-state index contributed by atoms with van der Waals surface area (Å²) in [5, 5.41) is 13.9. The third-order valence-corrected chi connectivity index (χ3v) is 5.19. The average molecular weight is 436 g/mol. The molecular weight excluding hydrogens is 416 g/mol. The number of aryl methyl sites for hydroxylation is 1. The van der Waals surface area contributed by atoms with Crippen LogP contribution in [0.25, 0.3) is 0 Å². The third kappa shape index (κ3) is 5.11. The number of thiophene rings is 1. The number of amides is 1. The first-order chi connectivity index (χ1) is 14.2. The predicted octanol–water partition coefficient (Wildman–Crippen LogP) is 3.25. The summed E-state index contributed by atoms with van der Waals surface area (Å²) in [6.07, 6.45) is 0. The van der Waals surface area contributed by atoms with E-state index in [2.05, 4.69) is 5.32 Å². The number of hydrogen-bond donors (Lipinski definition) is 1. The van der Waals surface area contributed by atoms with Crippen LogP contribution in [0.1, 0.15) is 38.1 Å². The molecule has 2 rings (SSSR count). The highest BCUT2D eigenvalue weighted by molar-refractivity contribution is 7.16. The molecule has 1 N–H and O–H groups in total. The van der Waals surface area contributed by atoms with Gasteiger partial charge in [0.2, 0.25) is 0 Å². The fourth-order valence-electron chi connectivity index (χ4n) is 2.50. The van der Waals surface area contributed by atoms with Gasteiger partial charge in [-0.05, 0) is 38.5 Å². The van der Waals surface area contributed by atoms with Gasteiger partial charge in [-0.15, -0.1) is 11.3 Å². The number of nitrogens with one attached hydrogen (secondary N) is 1. The standard InChI is InChI=1S/C19H20N2O8S/c1-5-28-19(24)16-10(2)11(3)30-17(16)20-15(22)9-29-18(23)12-6-7-14(27-4)13(8-12)21(25)26/h6-8H,5,9H2,1-4H3,(H,20,22). The van der Waals surface area contributed by atoms with Crippen LogP contribution in [0, 0.1) is 24.0 Å². The largest absolute Gasteiger partial charge is 0.490 e. The molecule has 0 aliphatic carbocycles. The Morgan fingerprint density at radius 3 is 2.47 bits per heavy atom. The molecule has 1 aromatic carbocycles. The summed E-state index contributed by atoms with van der Waals surface area (Å²) in [5.74, 6) is -2.15. The first kappa shape index (κ1) is 22.8. The smallest absolute Gasteiger partial charge is 0.341 e. The van der Waals surface area contributed by atoms with Crippen LogP contribution in [0.2, 0.25) is 0 Å². The lowest BCUT2D eigenvalue weighted by Crippen LogP contribution is -2.21. The molecule has 1 heterocycles. The highest BCUT2D eigenvalue weighted by Gasteiger charge is 2.23. The fraction of sp³-hybridized carbons (Fsp3) is 0.316. The van der Waals surface area contributed by atoms with Crippen LogP contribution in [-0.2, 0) is 14.3 Å². The van der Waals surface area contributed by atoms with Crippen LogP contribution < -0.4 is 10.1 Å². The number of nitro groups is 1. The van der Waals surface area contributed by atoms with Crippen molar-refractivity contribution in [1.29, 1.82) is 0 Å². The zero-order valence-corrected chi connectivity index (χ0v) is 17.6. The Morgan fingerprint density at radius 2 is 1.87 bits per heavy atom. The number of hydrogen-bond acceptors (Lipinski definition) is 9. The molecule has 0 atom stereocenters. The summed E-state index contributed by atoms with van der Waals surface area (Å²) in [5.41, 5.74) is 0.437. The minimum absolute atomic E-state index is 0.00998. The van der Waals surface area contributed by atoms with Crippen molar-refractivity contribution < 1.29 is 33.5 Å². The van der Waals surface area contributed by atoms with Crippen molar-refractivity contribution in [3.05, 3.63) is 49.9 Å². The van der Waals surface area contributed by atoms with E-state index in [1.54, 1.807) is 20.8 Å². The Morgan fingerprint density at radius 1 is 1.17 bits per heavy atom. The average Bonchev–Trinajstić information content (AvgIpc) is 2.98. The summed E-state index contributed by atoms with van der Waals surface area (Å²) in [6.45, 7) is 4.76. The van der Waals surface area contributed by atoms with E-state index < -0.39 is 35.1 Å². The first-order valence-corrected chi connectivity index (χ1v) is 9.57. The molecule has 0 spiro atoms. The molecule has 0 saturated carbocycles. The van der Waals surface area contributed by atoms with Crippen molar-refractivity contribution in [3.63, 3.8) is 0 Å². The molecule has 0 bridgehead atoms. The van der Waals surface area contributed by atoms with Gasteiger partial charge in [-0.2, -0.15) is 0 Å². The molecular formula is C19H20N2O8S. The lowest BCUT2D eigenvalue weighted by molar-refractivity contribution is -0.385. The topological polar surface area (TPSA) is 134 Å². The molecule has 1 aromatic heterocycles. The van der Waals surface area contributed by atoms with Gasteiger partial charge in [0.05, 0.1) is 29.8 Å². The number of rotatable bonds is 8. The van der Waals surface area contributed by atoms with Gasteiger partial charge in [0.1, 0.15) is 5.00 Å². The molecule has 0 aliphatic rings. The summed E-state index contributed by atoms with van der Waals surface area (Å²) >= 11 is 1.20. The van der Waals surface area contributed by atoms with Crippen molar-refractivity contribution in [3.8, 4) is 5.75 Å². The van der Waals surface area contributed by atoms with E-state index >= 15 is 0 Å². The van der Waals surface area contributed by atoms with E-state index in [1.807, 2.05) is 0 Å². The van der Waals surface area contributed by atoms with Gasteiger partial charge in [-0.25, -0.2) is 9.59 Å². The number of anilines is 1. The Bertz CT molecular complexity index is 999. The predicted molar refractivity (Wildman–Crippen MR) is 108 cm³/mol. The lowest BCUT2D eigenvalue weighted by atomic mass is 10.1. The normalized spacial score (nSPS) is 10.3. The van der Waals surface area contributed by atoms with Crippen LogP contribution in [0.5, 0.6) is 5.75 Å².